The molecular weight excluding hydrogens is 468 g/mol. The molecule has 0 aliphatic rings. The normalized spacial score (nSPS) is 11.1. The first kappa shape index (κ1) is 24.3. The number of amides is 1. The van der Waals surface area contributed by atoms with Crippen LogP contribution in [0.5, 0.6) is 5.75 Å². The Bertz CT molecular complexity index is 1470. The summed E-state index contributed by atoms with van der Waals surface area (Å²) in [7, 11) is 4.76. The van der Waals surface area contributed by atoms with Crippen LogP contribution in [0.1, 0.15) is 23.7 Å². The molecule has 1 N–H and O–H groups in total. The molecule has 0 aliphatic heterocycles. The summed E-state index contributed by atoms with van der Waals surface area (Å²) in [4.78, 5) is 42.5. The molecule has 9 nitrogen and oxygen atoms in total. The van der Waals surface area contributed by atoms with Gasteiger partial charge in [0.05, 0.1) is 31.1 Å². The lowest BCUT2D eigenvalue weighted by Gasteiger charge is -2.12. The van der Waals surface area contributed by atoms with Gasteiger partial charge in [-0.2, -0.15) is 0 Å². The summed E-state index contributed by atoms with van der Waals surface area (Å²) >= 11 is 1.21. The Morgan fingerprint density at radius 2 is 1.86 bits per heavy atom. The van der Waals surface area contributed by atoms with Crippen LogP contribution in [-0.2, 0) is 23.1 Å². The summed E-state index contributed by atoms with van der Waals surface area (Å²) in [5.74, 6) is 0.0445. The predicted molar refractivity (Wildman–Crippen MR) is 136 cm³/mol. The van der Waals surface area contributed by atoms with Crippen molar-refractivity contribution in [3.8, 4) is 5.75 Å². The fourth-order valence-corrected chi connectivity index (χ4v) is 4.74. The quantitative estimate of drug-likeness (QED) is 0.226. The number of hydrogen-bond acceptors (Lipinski definition) is 7. The zero-order valence-electron chi connectivity index (χ0n) is 20.0. The number of thioether (sulfide) groups is 1. The Morgan fingerprint density at radius 1 is 1.11 bits per heavy atom. The average Bonchev–Trinajstić information content (AvgIpc) is 3.15. The van der Waals surface area contributed by atoms with Crippen molar-refractivity contribution in [2.45, 2.75) is 25.0 Å². The number of aryl methyl sites for hydroxylation is 1. The second kappa shape index (κ2) is 10.2. The number of esters is 1. The molecule has 0 spiro atoms. The molecule has 0 atom stereocenters. The monoisotopic (exact) mass is 494 g/mol. The standard InChI is InChI=1S/C25H26N4O5S/c1-5-12-29-23(31)22-21(18-13-17(33-3)10-11-19(18)28(22)2)27-25(29)35-14-20(30)26-16-8-6-15(7-9-16)24(32)34-4/h6-11,13H,5,12,14H2,1-4H3,(H,26,30). The van der Waals surface area contributed by atoms with Gasteiger partial charge in [-0.3, -0.25) is 14.2 Å². The van der Waals surface area contributed by atoms with Crippen LogP contribution in [0, 0.1) is 0 Å². The summed E-state index contributed by atoms with van der Waals surface area (Å²) in [6.07, 6.45) is 0.747. The number of anilines is 1. The number of ether oxygens (including phenoxy) is 2. The Labute approximate surface area is 206 Å². The highest BCUT2D eigenvalue weighted by Gasteiger charge is 2.19. The van der Waals surface area contributed by atoms with E-state index < -0.39 is 5.97 Å². The average molecular weight is 495 g/mol. The third-order valence-corrected chi connectivity index (χ3v) is 6.61. The maximum Gasteiger partial charge on any atom is 0.337 e. The van der Waals surface area contributed by atoms with Gasteiger partial charge in [0, 0.05) is 24.7 Å². The molecule has 4 aromatic rings. The molecule has 1 amide bonds. The van der Waals surface area contributed by atoms with Gasteiger partial charge in [-0.25, -0.2) is 9.78 Å². The van der Waals surface area contributed by atoms with Crippen molar-refractivity contribution in [3.05, 3.63) is 58.4 Å². The van der Waals surface area contributed by atoms with E-state index in [0.717, 1.165) is 17.3 Å². The fourth-order valence-electron chi connectivity index (χ4n) is 3.93. The largest absolute Gasteiger partial charge is 0.497 e. The van der Waals surface area contributed by atoms with Gasteiger partial charge in [-0.05, 0) is 48.9 Å². The molecule has 2 aromatic carbocycles. The molecule has 0 saturated heterocycles. The van der Waals surface area contributed by atoms with Crippen LogP contribution in [0.3, 0.4) is 0 Å². The van der Waals surface area contributed by atoms with E-state index >= 15 is 0 Å². The molecule has 35 heavy (non-hydrogen) atoms. The van der Waals surface area contributed by atoms with E-state index in [2.05, 4.69) is 10.1 Å². The van der Waals surface area contributed by atoms with E-state index in [0.29, 0.717) is 39.7 Å². The number of carbonyl (C=O) groups excluding carboxylic acids is 2. The minimum Gasteiger partial charge on any atom is -0.497 e. The van der Waals surface area contributed by atoms with E-state index in [1.54, 1.807) is 35.9 Å². The van der Waals surface area contributed by atoms with Gasteiger partial charge in [0.1, 0.15) is 16.8 Å². The van der Waals surface area contributed by atoms with Crippen LogP contribution in [-0.4, -0.2) is 46.0 Å². The van der Waals surface area contributed by atoms with Gasteiger partial charge in [-0.15, -0.1) is 0 Å². The van der Waals surface area contributed by atoms with E-state index in [-0.39, 0.29) is 17.2 Å². The Hall–Kier alpha value is -3.79. The highest BCUT2D eigenvalue weighted by atomic mass is 32.2. The van der Waals surface area contributed by atoms with Crippen LogP contribution in [0.2, 0.25) is 0 Å². The lowest BCUT2D eigenvalue weighted by Crippen LogP contribution is -2.25. The zero-order chi connectivity index (χ0) is 25.1. The number of carbonyl (C=O) groups is 2. The van der Waals surface area contributed by atoms with Gasteiger partial charge < -0.3 is 19.4 Å². The van der Waals surface area contributed by atoms with Gasteiger partial charge >= 0.3 is 5.97 Å². The number of aromatic nitrogens is 3. The number of nitrogens with zero attached hydrogens (tertiary/aromatic N) is 3. The van der Waals surface area contributed by atoms with Crippen molar-refractivity contribution in [2.24, 2.45) is 7.05 Å². The van der Waals surface area contributed by atoms with Crippen molar-refractivity contribution < 1.29 is 19.1 Å². The lowest BCUT2D eigenvalue weighted by molar-refractivity contribution is -0.113. The van der Waals surface area contributed by atoms with E-state index in [9.17, 15) is 14.4 Å². The summed E-state index contributed by atoms with van der Waals surface area (Å²) in [5, 5.41) is 4.10. The topological polar surface area (TPSA) is 104 Å². The molecule has 0 aliphatic carbocycles. The minimum atomic E-state index is -0.445. The maximum atomic E-state index is 13.5. The minimum absolute atomic E-state index is 0.0640. The molecule has 0 radical (unpaired) electrons. The van der Waals surface area contributed by atoms with Crippen molar-refractivity contribution in [1.82, 2.24) is 14.1 Å². The molecule has 10 heteroatoms. The van der Waals surface area contributed by atoms with Gasteiger partial charge in [0.15, 0.2) is 5.16 Å². The third kappa shape index (κ3) is 4.74. The fraction of sp³-hybridized carbons (Fsp3) is 0.280. The second-order valence-electron chi connectivity index (χ2n) is 7.90. The Kier molecular flexibility index (Phi) is 7.11. The van der Waals surface area contributed by atoms with Crippen LogP contribution < -0.4 is 15.6 Å². The maximum absolute atomic E-state index is 13.5. The van der Waals surface area contributed by atoms with Gasteiger partial charge in [0.2, 0.25) is 5.91 Å². The molecule has 2 aromatic heterocycles. The number of benzene rings is 2. The van der Waals surface area contributed by atoms with Crippen molar-refractivity contribution in [1.29, 1.82) is 0 Å². The summed E-state index contributed by atoms with van der Waals surface area (Å²) in [6, 6.07) is 12.1. The van der Waals surface area contributed by atoms with Crippen LogP contribution in [0.25, 0.3) is 21.9 Å². The van der Waals surface area contributed by atoms with Crippen LogP contribution >= 0.6 is 11.8 Å². The molecule has 0 bridgehead atoms. The first-order valence-electron chi connectivity index (χ1n) is 11.1. The Morgan fingerprint density at radius 3 is 2.51 bits per heavy atom. The molecule has 0 fully saturated rings. The summed E-state index contributed by atoms with van der Waals surface area (Å²) < 4.78 is 13.5. The van der Waals surface area contributed by atoms with Crippen molar-refractivity contribution in [2.75, 3.05) is 25.3 Å². The van der Waals surface area contributed by atoms with E-state index in [1.165, 1.54) is 18.9 Å². The summed E-state index contributed by atoms with van der Waals surface area (Å²) in [6.45, 7) is 2.48. The van der Waals surface area contributed by atoms with E-state index in [1.807, 2.05) is 36.7 Å². The summed E-state index contributed by atoms with van der Waals surface area (Å²) in [5.41, 5.74) is 2.78. The smallest absolute Gasteiger partial charge is 0.337 e. The van der Waals surface area contributed by atoms with Crippen LogP contribution in [0.15, 0.2) is 52.4 Å². The number of methoxy groups -OCH3 is 2. The third-order valence-electron chi connectivity index (χ3n) is 5.64. The zero-order valence-corrected chi connectivity index (χ0v) is 20.8. The predicted octanol–water partition coefficient (Wildman–Crippen LogP) is 3.82. The lowest BCUT2D eigenvalue weighted by atomic mass is 10.2. The molecule has 0 unspecified atom stereocenters. The first-order chi connectivity index (χ1) is 16.9. The molecule has 2 heterocycles. The highest BCUT2D eigenvalue weighted by Crippen LogP contribution is 2.30. The molecule has 4 rings (SSSR count). The molecule has 0 saturated carbocycles. The molecule has 182 valence electrons. The SMILES string of the molecule is CCCn1c(SCC(=O)Nc2ccc(C(=O)OC)cc2)nc2c3cc(OC)ccc3n(C)c2c1=O. The molecular formula is C25H26N4O5S. The highest BCUT2D eigenvalue weighted by molar-refractivity contribution is 7.99. The second-order valence-corrected chi connectivity index (χ2v) is 8.84. The number of rotatable bonds is 8. The van der Waals surface area contributed by atoms with Gasteiger partial charge in [-0.1, -0.05) is 18.7 Å². The number of hydrogen-bond donors (Lipinski definition) is 1. The number of nitrogens with one attached hydrogen (secondary N) is 1. The number of fused-ring (bicyclic) bond motifs is 3. The van der Waals surface area contributed by atoms with Crippen molar-refractivity contribution in [3.63, 3.8) is 0 Å². The van der Waals surface area contributed by atoms with Crippen molar-refractivity contribution >= 4 is 51.3 Å². The Balaban J connectivity index is 1.63. The van der Waals surface area contributed by atoms with E-state index in [4.69, 9.17) is 9.72 Å². The van der Waals surface area contributed by atoms with Gasteiger partial charge in [0.25, 0.3) is 5.56 Å². The van der Waals surface area contributed by atoms with Crippen LogP contribution in [0.4, 0.5) is 5.69 Å². The first-order valence-corrected chi connectivity index (χ1v) is 12.0.